The van der Waals surface area contributed by atoms with Crippen LogP contribution in [0.1, 0.15) is 31.7 Å². The van der Waals surface area contributed by atoms with E-state index in [4.69, 9.17) is 5.73 Å². The number of nitrogens with two attached hydrogens (primary N) is 1. The van der Waals surface area contributed by atoms with E-state index in [1.54, 1.807) is 0 Å². The van der Waals surface area contributed by atoms with Gasteiger partial charge < -0.3 is 10.6 Å². The van der Waals surface area contributed by atoms with Crippen LogP contribution in [0.5, 0.6) is 0 Å². The lowest BCUT2D eigenvalue weighted by molar-refractivity contribution is -0.120. The van der Waals surface area contributed by atoms with Gasteiger partial charge >= 0.3 is 6.18 Å². The van der Waals surface area contributed by atoms with Gasteiger partial charge in [-0.3, -0.25) is 0 Å². The summed E-state index contributed by atoms with van der Waals surface area (Å²) in [5.41, 5.74) is 6.40. The second-order valence-corrected chi connectivity index (χ2v) is 4.79. The zero-order chi connectivity index (χ0) is 14.0. The maximum atomic E-state index is 12.7. The lowest BCUT2D eigenvalue weighted by Gasteiger charge is -2.27. The Morgan fingerprint density at radius 3 is 2.58 bits per heavy atom. The van der Waals surface area contributed by atoms with Crippen molar-refractivity contribution in [2.75, 3.05) is 17.2 Å². The third-order valence-corrected chi connectivity index (χ3v) is 3.07. The van der Waals surface area contributed by atoms with Crippen molar-refractivity contribution >= 4 is 11.6 Å². The molecule has 1 aliphatic rings. The third-order valence-electron chi connectivity index (χ3n) is 3.07. The van der Waals surface area contributed by atoms with E-state index in [9.17, 15) is 13.2 Å². The number of hydrogen-bond acceptors (Lipinski definition) is 4. The van der Waals surface area contributed by atoms with Gasteiger partial charge in [-0.25, -0.2) is 9.97 Å². The number of nitrogen functional groups attached to an aromatic ring is 1. The van der Waals surface area contributed by atoms with Gasteiger partial charge in [0.05, 0.1) is 0 Å². The Morgan fingerprint density at radius 1 is 1.37 bits per heavy atom. The molecule has 2 rings (SSSR count). The molecular formula is C12H17F3N4. The van der Waals surface area contributed by atoms with Gasteiger partial charge in [0.2, 0.25) is 0 Å². The van der Waals surface area contributed by atoms with Crippen LogP contribution in [0, 0.1) is 0 Å². The summed E-state index contributed by atoms with van der Waals surface area (Å²) in [6, 6.07) is -0.0773. The number of hydrogen-bond donors (Lipinski definition) is 1. The highest BCUT2D eigenvalue weighted by molar-refractivity contribution is 5.58. The summed E-state index contributed by atoms with van der Waals surface area (Å²) in [4.78, 5) is 9.24. The minimum atomic E-state index is -4.24. The topological polar surface area (TPSA) is 55.0 Å². The first-order chi connectivity index (χ1) is 8.92. The van der Waals surface area contributed by atoms with Crippen molar-refractivity contribution < 1.29 is 13.2 Å². The number of rotatable bonds is 5. The summed E-state index contributed by atoms with van der Waals surface area (Å²) in [6.45, 7) is 0.965. The molecule has 0 saturated heterocycles. The van der Waals surface area contributed by atoms with Crippen LogP contribution in [-0.2, 0) is 6.42 Å². The van der Waals surface area contributed by atoms with Crippen molar-refractivity contribution in [1.82, 2.24) is 9.97 Å². The molecule has 0 amide bonds. The predicted octanol–water partition coefficient (Wildman–Crippen LogP) is 2.54. The molecule has 0 spiro atoms. The van der Waals surface area contributed by atoms with Gasteiger partial charge in [0.15, 0.2) is 0 Å². The van der Waals surface area contributed by atoms with Gasteiger partial charge in [-0.15, -0.1) is 0 Å². The molecule has 0 aromatic carbocycles. The van der Waals surface area contributed by atoms with E-state index in [-0.39, 0.29) is 11.9 Å². The highest BCUT2D eigenvalue weighted by Gasteiger charge is 2.39. The van der Waals surface area contributed by atoms with E-state index >= 15 is 0 Å². The normalized spacial score (nSPS) is 15.6. The van der Waals surface area contributed by atoms with Crippen molar-refractivity contribution in [3.63, 3.8) is 0 Å². The quantitative estimate of drug-likeness (QED) is 0.896. The molecule has 2 N–H and O–H groups in total. The average molecular weight is 274 g/mol. The summed E-state index contributed by atoms with van der Waals surface area (Å²) in [5.74, 6) is 0.619. The third kappa shape index (κ3) is 3.48. The molecule has 106 valence electrons. The Bertz CT molecular complexity index is 443. The SMILES string of the molecule is CCCc1c(N)ncnc1N(CC(F)(F)F)C1CC1. The van der Waals surface area contributed by atoms with Crippen LogP contribution in [0.3, 0.4) is 0 Å². The summed E-state index contributed by atoms with van der Waals surface area (Å²) < 4.78 is 38.0. The van der Waals surface area contributed by atoms with Gasteiger partial charge in [0.1, 0.15) is 24.5 Å². The van der Waals surface area contributed by atoms with Crippen LogP contribution in [0.4, 0.5) is 24.8 Å². The lowest BCUT2D eigenvalue weighted by atomic mass is 10.1. The molecule has 1 fully saturated rings. The Kier molecular flexibility index (Phi) is 3.82. The van der Waals surface area contributed by atoms with Gasteiger partial charge in [0.25, 0.3) is 0 Å². The van der Waals surface area contributed by atoms with Crippen molar-refractivity contribution in [2.45, 2.75) is 44.8 Å². The van der Waals surface area contributed by atoms with Crippen LogP contribution in [0.15, 0.2) is 6.33 Å². The summed E-state index contributed by atoms with van der Waals surface area (Å²) in [6.07, 6.45) is -0.101. The van der Waals surface area contributed by atoms with Crippen LogP contribution >= 0.6 is 0 Å². The van der Waals surface area contributed by atoms with Gasteiger partial charge in [-0.1, -0.05) is 13.3 Å². The van der Waals surface area contributed by atoms with E-state index < -0.39 is 12.7 Å². The standard InChI is InChI=1S/C12H17F3N4/c1-2-3-9-10(16)17-7-18-11(9)19(8-4-5-8)6-12(13,14)15/h7-8H,2-6H2,1H3,(H2,16,17,18). The molecule has 0 aliphatic heterocycles. The first-order valence-corrected chi connectivity index (χ1v) is 6.35. The van der Waals surface area contributed by atoms with Crippen LogP contribution < -0.4 is 10.6 Å². The molecule has 19 heavy (non-hydrogen) atoms. The molecule has 0 atom stereocenters. The monoisotopic (exact) mass is 274 g/mol. The fourth-order valence-corrected chi connectivity index (χ4v) is 2.11. The number of alkyl halides is 3. The van der Waals surface area contributed by atoms with Gasteiger partial charge in [0, 0.05) is 11.6 Å². The smallest absolute Gasteiger partial charge is 0.383 e. The fraction of sp³-hybridized carbons (Fsp3) is 0.667. The van der Waals surface area contributed by atoms with Crippen molar-refractivity contribution in [1.29, 1.82) is 0 Å². The lowest BCUT2D eigenvalue weighted by Crippen LogP contribution is -2.37. The van der Waals surface area contributed by atoms with E-state index in [0.29, 0.717) is 17.8 Å². The Morgan fingerprint density at radius 2 is 2.05 bits per heavy atom. The highest BCUT2D eigenvalue weighted by Crippen LogP contribution is 2.36. The second-order valence-electron chi connectivity index (χ2n) is 4.79. The van der Waals surface area contributed by atoms with Gasteiger partial charge in [-0.2, -0.15) is 13.2 Å². The molecule has 4 nitrogen and oxygen atoms in total. The Hall–Kier alpha value is -1.53. The minimum absolute atomic E-state index is 0.0773. The highest BCUT2D eigenvalue weighted by atomic mass is 19.4. The van der Waals surface area contributed by atoms with Crippen LogP contribution in [0.2, 0.25) is 0 Å². The van der Waals surface area contributed by atoms with E-state index in [0.717, 1.165) is 19.3 Å². The molecule has 1 aromatic rings. The molecule has 1 heterocycles. The molecule has 1 aromatic heterocycles. The average Bonchev–Trinajstić information content (AvgIpc) is 3.12. The molecular weight excluding hydrogens is 257 g/mol. The summed E-state index contributed by atoms with van der Waals surface area (Å²) >= 11 is 0. The van der Waals surface area contributed by atoms with Gasteiger partial charge in [-0.05, 0) is 19.3 Å². The number of aromatic nitrogens is 2. The maximum Gasteiger partial charge on any atom is 0.405 e. The van der Waals surface area contributed by atoms with Crippen LogP contribution in [0.25, 0.3) is 0 Å². The maximum absolute atomic E-state index is 12.7. The number of halogens is 3. The minimum Gasteiger partial charge on any atom is -0.383 e. The number of anilines is 2. The Balaban J connectivity index is 2.33. The van der Waals surface area contributed by atoms with Crippen LogP contribution in [-0.4, -0.2) is 28.7 Å². The van der Waals surface area contributed by atoms with E-state index in [1.807, 2.05) is 6.92 Å². The second kappa shape index (κ2) is 5.22. The first kappa shape index (κ1) is 13.9. The fourth-order valence-electron chi connectivity index (χ4n) is 2.11. The molecule has 7 heteroatoms. The number of nitrogens with zero attached hydrogens (tertiary/aromatic N) is 3. The van der Waals surface area contributed by atoms with Crippen molar-refractivity contribution in [3.05, 3.63) is 11.9 Å². The van der Waals surface area contributed by atoms with Crippen molar-refractivity contribution in [3.8, 4) is 0 Å². The predicted molar refractivity (Wildman–Crippen MR) is 66.9 cm³/mol. The van der Waals surface area contributed by atoms with E-state index in [1.165, 1.54) is 11.2 Å². The van der Waals surface area contributed by atoms with E-state index in [2.05, 4.69) is 9.97 Å². The molecule has 1 saturated carbocycles. The summed E-state index contributed by atoms with van der Waals surface area (Å²) in [5, 5.41) is 0. The molecule has 0 radical (unpaired) electrons. The zero-order valence-electron chi connectivity index (χ0n) is 10.7. The molecule has 0 bridgehead atoms. The Labute approximate surface area is 109 Å². The first-order valence-electron chi connectivity index (χ1n) is 6.35. The largest absolute Gasteiger partial charge is 0.405 e. The molecule has 1 aliphatic carbocycles. The van der Waals surface area contributed by atoms with Crippen molar-refractivity contribution in [2.24, 2.45) is 0 Å². The summed E-state index contributed by atoms with van der Waals surface area (Å²) in [7, 11) is 0. The molecule has 0 unspecified atom stereocenters. The zero-order valence-corrected chi connectivity index (χ0v) is 10.7.